The van der Waals surface area contributed by atoms with Gasteiger partial charge in [-0.2, -0.15) is 0 Å². The molecule has 13 heterocycles. The molecule has 0 aromatic heterocycles. The van der Waals surface area contributed by atoms with Crippen LogP contribution in [0.5, 0.6) is 0 Å². The van der Waals surface area contributed by atoms with Gasteiger partial charge < -0.3 is 133 Å². The van der Waals surface area contributed by atoms with Gasteiger partial charge in [0, 0.05) is 39.6 Å². The molecule has 0 amide bonds. The number of ether oxygens (including phenoxy) is 27. The molecule has 14 fully saturated rings. The van der Waals surface area contributed by atoms with Crippen molar-refractivity contribution >= 4 is 0 Å². The Morgan fingerprint density at radius 3 is 0.710 bits per heavy atom. The first-order valence-corrected chi connectivity index (χ1v) is 34.9. The van der Waals surface area contributed by atoms with Crippen LogP contribution in [0, 0.1) is 11.8 Å². The Hall–Kier alpha value is -1.12. The van der Waals surface area contributed by atoms with E-state index in [0.717, 1.165) is 203 Å². The lowest BCUT2D eigenvalue weighted by Crippen LogP contribution is -2.27. The predicted molar refractivity (Wildman–Crippen MR) is 326 cm³/mol. The van der Waals surface area contributed by atoms with E-state index in [9.17, 15) is 0 Å². The summed E-state index contributed by atoms with van der Waals surface area (Å²) in [5.74, 6) is 1.51. The molecule has 13 atom stereocenters. The van der Waals surface area contributed by atoms with Gasteiger partial charge >= 0.3 is 0 Å². The van der Waals surface area contributed by atoms with Crippen LogP contribution >= 0.6 is 0 Å². The second-order valence-corrected chi connectivity index (χ2v) is 25.5. The molecule has 1 aliphatic carbocycles. The molecule has 542 valence electrons. The maximum absolute atomic E-state index is 8.86. The molecule has 28 nitrogen and oxygen atoms in total. The predicted octanol–water partition coefficient (Wildman–Crippen LogP) is 2.13. The number of unbranched alkanes of at least 4 members (excludes halogenated alkanes) is 4. The van der Waals surface area contributed by atoms with Crippen molar-refractivity contribution in [2.24, 2.45) is 11.8 Å². The van der Waals surface area contributed by atoms with Gasteiger partial charge in [-0.15, -0.1) is 0 Å². The minimum absolute atomic E-state index is 0.126. The van der Waals surface area contributed by atoms with Gasteiger partial charge in [-0.1, -0.05) is 12.8 Å². The van der Waals surface area contributed by atoms with Gasteiger partial charge in [-0.05, 0) is 63.2 Å². The molecule has 1 N–H and O–H groups in total. The molecular formula is C65H114O28. The lowest BCUT2D eigenvalue weighted by atomic mass is 9.83. The van der Waals surface area contributed by atoms with Gasteiger partial charge in [0.25, 0.3) is 0 Å². The molecule has 0 aromatic carbocycles. The van der Waals surface area contributed by atoms with Crippen molar-refractivity contribution in [3.8, 4) is 0 Å². The van der Waals surface area contributed by atoms with E-state index in [0.29, 0.717) is 128 Å². The summed E-state index contributed by atoms with van der Waals surface area (Å²) in [6.45, 7) is 27.8. The van der Waals surface area contributed by atoms with Gasteiger partial charge in [0.2, 0.25) is 0 Å². The van der Waals surface area contributed by atoms with E-state index in [-0.39, 0.29) is 43.4 Å². The highest BCUT2D eigenvalue weighted by Crippen LogP contribution is 2.30. The van der Waals surface area contributed by atoms with Gasteiger partial charge in [0.1, 0.15) is 79.4 Å². The number of hydrogen-bond acceptors (Lipinski definition) is 28. The largest absolute Gasteiger partial charge is 0.391 e. The van der Waals surface area contributed by atoms with E-state index in [1.54, 1.807) is 0 Å². The lowest BCUT2D eigenvalue weighted by Gasteiger charge is -2.28. The van der Waals surface area contributed by atoms with Gasteiger partial charge in [-0.25, -0.2) is 0 Å². The van der Waals surface area contributed by atoms with Crippen molar-refractivity contribution in [3.05, 3.63) is 0 Å². The second-order valence-electron chi connectivity index (χ2n) is 25.5. The molecule has 13 aliphatic heterocycles. The van der Waals surface area contributed by atoms with Crippen LogP contribution in [0.2, 0.25) is 0 Å². The standard InChI is InChI=1S/C14H24O4.C12H22O4.C11H18O6.C10H18O5.C10H18O4.C8H14O5/c1-2-12(6-16-8-14-10-18-14)4-3-11(1)5-15-7-13-9-17-13;1(3-5-13-7-11-9-15-11)2-4-6-14-8-12-10-16-12;1(8-2-13-8)12-7-11(16-5-9-3-14-9)17-6-10-4-15-10;1(3-12-5-9-7-14-9)11-2-4-13-6-10-8-15-10;1(3-11-5-9-7-13-9)2-4-12-6-10-8-14-10;9-1-8(12-4-6-2-10-6)13-5-7-3-11-7/h11-14H,1-10H2;11-12H,1-10H2;8-11H,1-7H2;9-10H,1-8H2;9-10H,1-8H2;6-9H,1-5H2. The fourth-order valence-corrected chi connectivity index (χ4v) is 8.68. The first-order valence-electron chi connectivity index (χ1n) is 34.9. The highest BCUT2D eigenvalue weighted by Gasteiger charge is 2.32. The van der Waals surface area contributed by atoms with Crippen LogP contribution in [0.25, 0.3) is 0 Å². The Balaban J connectivity index is 0.000000132. The van der Waals surface area contributed by atoms with Crippen molar-refractivity contribution in [3.63, 3.8) is 0 Å². The average molecular weight is 1340 g/mol. The van der Waals surface area contributed by atoms with Crippen LogP contribution < -0.4 is 0 Å². The fraction of sp³-hybridized carbons (Fsp3) is 1.00. The fourth-order valence-electron chi connectivity index (χ4n) is 8.68. The average Bonchev–Trinajstić information content (AvgIpc) is 4.47. The van der Waals surface area contributed by atoms with E-state index in [4.69, 9.17) is 133 Å². The first-order chi connectivity index (χ1) is 46.0. The molecule has 0 bridgehead atoms. The molecular weight excluding hydrogens is 1230 g/mol. The summed E-state index contributed by atoms with van der Waals surface area (Å²) in [5.41, 5.74) is 0. The maximum atomic E-state index is 8.86. The van der Waals surface area contributed by atoms with Crippen molar-refractivity contribution in [1.29, 1.82) is 0 Å². The monoisotopic (exact) mass is 1340 g/mol. The summed E-state index contributed by atoms with van der Waals surface area (Å²) in [6, 6.07) is 0. The molecule has 14 rings (SSSR count). The molecule has 93 heavy (non-hydrogen) atoms. The molecule has 0 radical (unpaired) electrons. The molecule has 1 saturated carbocycles. The summed E-state index contributed by atoms with van der Waals surface area (Å²) in [5, 5.41) is 8.86. The van der Waals surface area contributed by atoms with Crippen LogP contribution in [0.15, 0.2) is 0 Å². The molecule has 13 saturated heterocycles. The molecule has 14 aliphatic rings. The zero-order valence-corrected chi connectivity index (χ0v) is 55.2. The molecule has 28 heteroatoms. The Morgan fingerprint density at radius 1 is 0.226 bits per heavy atom. The zero-order valence-electron chi connectivity index (χ0n) is 55.2. The van der Waals surface area contributed by atoms with E-state index in [1.807, 2.05) is 0 Å². The summed E-state index contributed by atoms with van der Waals surface area (Å²) in [4.78, 5) is 0. The maximum Gasteiger partial charge on any atom is 0.181 e. The van der Waals surface area contributed by atoms with Crippen LogP contribution in [0.1, 0.15) is 64.2 Å². The molecule has 0 spiro atoms. The van der Waals surface area contributed by atoms with Crippen molar-refractivity contribution < 1.29 is 133 Å². The number of epoxide rings is 13. The second kappa shape index (κ2) is 47.1. The van der Waals surface area contributed by atoms with E-state index in [1.165, 1.54) is 38.5 Å². The topological polar surface area (TPSA) is 312 Å². The number of aliphatic hydroxyl groups is 1. The van der Waals surface area contributed by atoms with Gasteiger partial charge in [0.15, 0.2) is 12.6 Å². The van der Waals surface area contributed by atoms with E-state index < -0.39 is 6.29 Å². The van der Waals surface area contributed by atoms with Crippen molar-refractivity contribution in [1.82, 2.24) is 0 Å². The lowest BCUT2D eigenvalue weighted by molar-refractivity contribution is -0.176. The minimum Gasteiger partial charge on any atom is -0.391 e. The highest BCUT2D eigenvalue weighted by molar-refractivity contribution is 4.77. The molecule has 0 aromatic rings. The van der Waals surface area contributed by atoms with Crippen LogP contribution in [0.4, 0.5) is 0 Å². The smallest absolute Gasteiger partial charge is 0.181 e. The third kappa shape index (κ3) is 46.8. The Labute approximate surface area is 550 Å². The van der Waals surface area contributed by atoms with Crippen LogP contribution in [-0.4, -0.2) is 348 Å². The normalized spacial score (nSPS) is 32.2. The number of aliphatic hydroxyl groups excluding tert-OH is 1. The summed E-state index contributed by atoms with van der Waals surface area (Å²) in [7, 11) is 0. The van der Waals surface area contributed by atoms with Crippen molar-refractivity contribution in [2.75, 3.05) is 251 Å². The summed E-state index contributed by atoms with van der Waals surface area (Å²) < 4.78 is 142. The van der Waals surface area contributed by atoms with Gasteiger partial charge in [0.05, 0.1) is 211 Å². The van der Waals surface area contributed by atoms with Crippen LogP contribution in [-0.2, 0) is 128 Å². The van der Waals surface area contributed by atoms with E-state index >= 15 is 0 Å². The summed E-state index contributed by atoms with van der Waals surface area (Å²) >= 11 is 0. The quantitative estimate of drug-likeness (QED) is 0.0518. The Kier molecular flexibility index (Phi) is 38.5. The number of hydrogen-bond donors (Lipinski definition) is 1. The highest BCUT2D eigenvalue weighted by atomic mass is 16.7. The summed E-state index contributed by atoms with van der Waals surface area (Å²) in [6.07, 6.45) is 15.4. The third-order valence-electron chi connectivity index (χ3n) is 15.8. The van der Waals surface area contributed by atoms with Crippen LogP contribution in [0.3, 0.4) is 0 Å². The Morgan fingerprint density at radius 2 is 0.441 bits per heavy atom. The zero-order chi connectivity index (χ0) is 63.8. The van der Waals surface area contributed by atoms with Gasteiger partial charge in [-0.3, -0.25) is 0 Å². The van der Waals surface area contributed by atoms with E-state index in [2.05, 4.69) is 0 Å². The number of rotatable bonds is 55. The first kappa shape index (κ1) is 76.1. The minimum atomic E-state index is -0.534. The van der Waals surface area contributed by atoms with Crippen molar-refractivity contribution in [2.45, 2.75) is 156 Å². The SMILES string of the molecule is C(CCCOCC1CO1)CCOCC1CO1.C(CCOCC1CO1)COCC1CO1.C(COCC1CO1)OCCOCC1CO1.C(OCC(OCC1CO1)OCC1CO1)C1CO1.C1CC(COCC2CO2)CCC1COCC1CO1.OCC(OCC1CO1)OCC1CO1. The Bertz CT molecular complexity index is 1670. The third-order valence-corrected chi connectivity index (χ3v) is 15.8. The molecule has 13 unspecified atom stereocenters.